The molecule has 0 spiro atoms. The van der Waals surface area contributed by atoms with E-state index in [9.17, 15) is 19.2 Å². The van der Waals surface area contributed by atoms with Gasteiger partial charge < -0.3 is 9.64 Å². The van der Waals surface area contributed by atoms with Crippen LogP contribution >= 0.6 is 0 Å². The van der Waals surface area contributed by atoms with Crippen molar-refractivity contribution < 1.29 is 14.3 Å². The summed E-state index contributed by atoms with van der Waals surface area (Å²) in [4.78, 5) is 60.9. The number of likely N-dealkylation sites (tertiary alicyclic amines) is 1. The molecule has 2 aromatic heterocycles. The van der Waals surface area contributed by atoms with Crippen molar-refractivity contribution in [2.75, 3.05) is 19.7 Å². The van der Waals surface area contributed by atoms with Gasteiger partial charge in [-0.15, -0.1) is 0 Å². The van der Waals surface area contributed by atoms with Crippen LogP contribution in [0.2, 0.25) is 0 Å². The monoisotopic (exact) mass is 451 g/mol. The second kappa shape index (κ2) is 9.35. The molecule has 3 aromatic rings. The first-order valence-electron chi connectivity index (χ1n) is 10.9. The van der Waals surface area contributed by atoms with Crippen molar-refractivity contribution in [3.05, 3.63) is 57.4 Å². The lowest BCUT2D eigenvalue weighted by atomic mass is 9.97. The predicted octanol–water partition coefficient (Wildman–Crippen LogP) is 0.959. The van der Waals surface area contributed by atoms with Crippen molar-refractivity contribution in [2.24, 2.45) is 13.0 Å². The number of aromatic nitrogens is 4. The molecule has 1 fully saturated rings. The first-order chi connectivity index (χ1) is 15.9. The van der Waals surface area contributed by atoms with Crippen LogP contribution in [-0.2, 0) is 27.9 Å². The highest BCUT2D eigenvalue weighted by Crippen LogP contribution is 2.19. The molecule has 33 heavy (non-hydrogen) atoms. The number of nitrogens with zero attached hydrogens (tertiary/aromatic N) is 5. The summed E-state index contributed by atoms with van der Waals surface area (Å²) in [6, 6.07) is 9.24. The topological polar surface area (TPSA) is 116 Å². The highest BCUT2D eigenvalue weighted by molar-refractivity contribution is 5.79. The Labute approximate surface area is 189 Å². The van der Waals surface area contributed by atoms with Crippen molar-refractivity contribution in [3.8, 4) is 11.4 Å². The van der Waals surface area contributed by atoms with Gasteiger partial charge in [-0.05, 0) is 19.8 Å². The fourth-order valence-corrected chi connectivity index (χ4v) is 4.01. The molecule has 0 N–H and O–H groups in total. The van der Waals surface area contributed by atoms with E-state index in [1.54, 1.807) is 11.8 Å². The second-order valence-electron chi connectivity index (χ2n) is 7.94. The van der Waals surface area contributed by atoms with E-state index in [4.69, 9.17) is 4.74 Å². The van der Waals surface area contributed by atoms with Gasteiger partial charge in [0.25, 0.3) is 5.56 Å². The molecule has 3 heterocycles. The second-order valence-corrected chi connectivity index (χ2v) is 7.94. The third kappa shape index (κ3) is 4.41. The van der Waals surface area contributed by atoms with E-state index in [1.807, 2.05) is 30.3 Å². The van der Waals surface area contributed by atoms with Gasteiger partial charge in [-0.1, -0.05) is 30.3 Å². The number of carbonyl (C=O) groups excluding carboxylic acids is 2. The lowest BCUT2D eigenvalue weighted by Crippen LogP contribution is -2.47. The Morgan fingerprint density at radius 2 is 1.82 bits per heavy atom. The largest absolute Gasteiger partial charge is 0.466 e. The summed E-state index contributed by atoms with van der Waals surface area (Å²) in [7, 11) is 1.51. The van der Waals surface area contributed by atoms with Gasteiger partial charge in [-0.25, -0.2) is 14.8 Å². The van der Waals surface area contributed by atoms with E-state index in [-0.39, 0.29) is 35.4 Å². The van der Waals surface area contributed by atoms with E-state index < -0.39 is 11.2 Å². The van der Waals surface area contributed by atoms with Crippen LogP contribution in [0.5, 0.6) is 0 Å². The van der Waals surface area contributed by atoms with Crippen LogP contribution in [-0.4, -0.2) is 55.6 Å². The molecule has 0 bridgehead atoms. The van der Waals surface area contributed by atoms with E-state index in [1.165, 1.54) is 17.8 Å². The van der Waals surface area contributed by atoms with Crippen molar-refractivity contribution in [2.45, 2.75) is 26.3 Å². The zero-order valence-corrected chi connectivity index (χ0v) is 18.6. The van der Waals surface area contributed by atoms with Gasteiger partial charge in [-0.2, -0.15) is 0 Å². The number of rotatable bonds is 5. The number of fused-ring (bicyclic) bond motifs is 1. The number of ether oxygens (including phenoxy) is 1. The van der Waals surface area contributed by atoms with Gasteiger partial charge in [-0.3, -0.25) is 23.5 Å². The first kappa shape index (κ1) is 22.4. The lowest BCUT2D eigenvalue weighted by Gasteiger charge is -2.31. The van der Waals surface area contributed by atoms with Crippen LogP contribution in [0.4, 0.5) is 0 Å². The molecule has 1 aromatic carbocycles. The average Bonchev–Trinajstić information content (AvgIpc) is 2.85. The quantitative estimate of drug-likeness (QED) is 0.531. The maximum absolute atomic E-state index is 13.0. The fraction of sp³-hybridized carbons (Fsp3) is 0.391. The molecule has 0 atom stereocenters. The molecule has 0 aliphatic carbocycles. The molecular weight excluding hydrogens is 426 g/mol. The van der Waals surface area contributed by atoms with E-state index in [0.717, 1.165) is 10.1 Å². The molecule has 10 heteroatoms. The predicted molar refractivity (Wildman–Crippen MR) is 120 cm³/mol. The number of benzene rings is 1. The summed E-state index contributed by atoms with van der Waals surface area (Å²) in [6.45, 7) is 2.43. The Hall–Kier alpha value is -3.82. The maximum Gasteiger partial charge on any atom is 0.332 e. The van der Waals surface area contributed by atoms with Crippen LogP contribution < -0.4 is 11.2 Å². The van der Waals surface area contributed by atoms with Crippen LogP contribution in [0.3, 0.4) is 0 Å². The zero-order chi connectivity index (χ0) is 23.5. The van der Waals surface area contributed by atoms with Crippen molar-refractivity contribution in [1.29, 1.82) is 0 Å². The Morgan fingerprint density at radius 3 is 2.48 bits per heavy atom. The lowest BCUT2D eigenvalue weighted by molar-refractivity contribution is -0.151. The Bertz CT molecular complexity index is 1310. The zero-order valence-electron chi connectivity index (χ0n) is 18.6. The van der Waals surface area contributed by atoms with Gasteiger partial charge in [0, 0.05) is 31.9 Å². The minimum absolute atomic E-state index is 0.158. The van der Waals surface area contributed by atoms with Crippen molar-refractivity contribution in [3.63, 3.8) is 0 Å². The van der Waals surface area contributed by atoms with E-state index >= 15 is 0 Å². The molecule has 0 saturated carbocycles. The molecule has 0 radical (unpaired) electrons. The molecule has 1 amide bonds. The van der Waals surface area contributed by atoms with Crippen LogP contribution in [0.1, 0.15) is 19.8 Å². The average molecular weight is 451 g/mol. The van der Waals surface area contributed by atoms with Crippen molar-refractivity contribution >= 4 is 22.9 Å². The Morgan fingerprint density at radius 1 is 1.12 bits per heavy atom. The normalized spacial score (nSPS) is 14.4. The third-order valence-electron chi connectivity index (χ3n) is 5.87. The molecule has 0 unspecified atom stereocenters. The van der Waals surface area contributed by atoms with Gasteiger partial charge in [0.2, 0.25) is 5.91 Å². The standard InChI is InChI=1S/C23H25N5O5/c1-3-33-22(31)16-9-11-27(12-10-16)18(29)14-28-21(30)17-13-24-19(15-7-5-4-6-8-15)25-20(17)26(2)23(28)32/h4-8,13,16H,3,9-12,14H2,1-2H3. The number of hydrogen-bond donors (Lipinski definition) is 0. The van der Waals surface area contributed by atoms with Crippen LogP contribution in [0.25, 0.3) is 22.4 Å². The van der Waals surface area contributed by atoms with Crippen molar-refractivity contribution in [1.82, 2.24) is 24.0 Å². The molecule has 10 nitrogen and oxygen atoms in total. The summed E-state index contributed by atoms with van der Waals surface area (Å²) in [5.41, 5.74) is -0.266. The number of amides is 1. The Kier molecular flexibility index (Phi) is 6.34. The highest BCUT2D eigenvalue weighted by Gasteiger charge is 2.29. The minimum Gasteiger partial charge on any atom is -0.466 e. The summed E-state index contributed by atoms with van der Waals surface area (Å²) in [6.07, 6.45) is 2.37. The van der Waals surface area contributed by atoms with Crippen LogP contribution in [0.15, 0.2) is 46.1 Å². The first-order valence-corrected chi connectivity index (χ1v) is 10.9. The number of hydrogen-bond acceptors (Lipinski definition) is 7. The molecule has 1 aliphatic rings. The number of aryl methyl sites for hydroxylation is 1. The molecular formula is C23H25N5O5. The molecule has 4 rings (SSSR count). The van der Waals surface area contributed by atoms with Crippen LogP contribution in [0, 0.1) is 5.92 Å². The fourth-order valence-electron chi connectivity index (χ4n) is 4.01. The molecule has 172 valence electrons. The van der Waals surface area contributed by atoms with Gasteiger partial charge in [0.05, 0.1) is 12.5 Å². The number of carbonyl (C=O) groups is 2. The van der Waals surface area contributed by atoms with Gasteiger partial charge in [0.15, 0.2) is 11.5 Å². The molecule has 1 aliphatic heterocycles. The third-order valence-corrected chi connectivity index (χ3v) is 5.87. The Balaban J connectivity index is 1.57. The highest BCUT2D eigenvalue weighted by atomic mass is 16.5. The van der Waals surface area contributed by atoms with Gasteiger partial charge >= 0.3 is 11.7 Å². The number of esters is 1. The summed E-state index contributed by atoms with van der Waals surface area (Å²) in [5.74, 6) is -0.436. The van der Waals surface area contributed by atoms with E-state index in [0.29, 0.717) is 38.4 Å². The smallest absolute Gasteiger partial charge is 0.332 e. The summed E-state index contributed by atoms with van der Waals surface area (Å²) >= 11 is 0. The summed E-state index contributed by atoms with van der Waals surface area (Å²) in [5, 5.41) is 0.158. The van der Waals surface area contributed by atoms with Gasteiger partial charge in [0.1, 0.15) is 11.9 Å². The SMILES string of the molecule is CCOC(=O)C1CCN(C(=O)Cn2c(=O)c3cnc(-c4ccccc4)nc3n(C)c2=O)CC1. The number of piperidine rings is 1. The molecule has 1 saturated heterocycles. The summed E-state index contributed by atoms with van der Waals surface area (Å²) < 4.78 is 7.22. The maximum atomic E-state index is 13.0. The van der Waals surface area contributed by atoms with E-state index in [2.05, 4.69) is 9.97 Å². The minimum atomic E-state index is -0.625.